The molecule has 0 saturated carbocycles. The highest BCUT2D eigenvalue weighted by Gasteiger charge is 2.37. The summed E-state index contributed by atoms with van der Waals surface area (Å²) in [6, 6.07) is -1.30. The number of aliphatic carboxylic acids is 1. The molecule has 1 heterocycles. The Morgan fingerprint density at radius 1 is 1.42 bits per heavy atom. The quantitative estimate of drug-likeness (QED) is 0.764. The van der Waals surface area contributed by atoms with Gasteiger partial charge in [-0.1, -0.05) is 13.8 Å². The zero-order chi connectivity index (χ0) is 14.5. The molecule has 1 rings (SSSR count). The van der Waals surface area contributed by atoms with Crippen LogP contribution in [0.5, 0.6) is 0 Å². The number of carboxylic acids is 1. The predicted molar refractivity (Wildman–Crippen MR) is 71.0 cm³/mol. The molecule has 1 unspecified atom stereocenters. The first-order valence-corrected chi connectivity index (χ1v) is 6.75. The van der Waals surface area contributed by atoms with Crippen molar-refractivity contribution in [1.82, 2.24) is 10.2 Å². The minimum absolute atomic E-state index is 0.0262. The summed E-state index contributed by atoms with van der Waals surface area (Å²) in [5.74, 6) is -1.08. The summed E-state index contributed by atoms with van der Waals surface area (Å²) in [5.41, 5.74) is 0.192. The Hall–Kier alpha value is -1.30. The zero-order valence-electron chi connectivity index (χ0n) is 11.9. The van der Waals surface area contributed by atoms with Crippen molar-refractivity contribution in [2.75, 3.05) is 26.8 Å². The van der Waals surface area contributed by atoms with E-state index in [9.17, 15) is 9.59 Å². The van der Waals surface area contributed by atoms with E-state index in [0.717, 1.165) is 19.3 Å². The monoisotopic (exact) mass is 272 g/mol. The van der Waals surface area contributed by atoms with Gasteiger partial charge in [0.2, 0.25) is 0 Å². The normalized spacial score (nSPS) is 19.2. The highest BCUT2D eigenvalue weighted by atomic mass is 16.5. The number of nitrogens with zero attached hydrogens (tertiary/aromatic N) is 1. The third kappa shape index (κ3) is 3.83. The van der Waals surface area contributed by atoms with Crippen molar-refractivity contribution in [3.05, 3.63) is 0 Å². The number of likely N-dealkylation sites (tertiary alicyclic amines) is 1. The van der Waals surface area contributed by atoms with Crippen LogP contribution in [0.3, 0.4) is 0 Å². The highest BCUT2D eigenvalue weighted by molar-refractivity contribution is 5.82. The molecule has 0 aromatic rings. The molecule has 1 fully saturated rings. The lowest BCUT2D eigenvalue weighted by molar-refractivity contribution is -0.140. The largest absolute Gasteiger partial charge is 0.480 e. The van der Waals surface area contributed by atoms with Crippen LogP contribution in [0, 0.1) is 5.41 Å². The van der Waals surface area contributed by atoms with Gasteiger partial charge in [0, 0.05) is 20.2 Å². The van der Waals surface area contributed by atoms with Gasteiger partial charge in [-0.25, -0.2) is 9.59 Å². The fourth-order valence-corrected chi connectivity index (χ4v) is 2.52. The fraction of sp³-hybridized carbons (Fsp3) is 0.846. The maximum atomic E-state index is 12.1. The van der Waals surface area contributed by atoms with E-state index in [-0.39, 0.29) is 18.1 Å². The van der Waals surface area contributed by atoms with Gasteiger partial charge in [0.15, 0.2) is 6.04 Å². The van der Waals surface area contributed by atoms with Crippen LogP contribution in [0.1, 0.15) is 33.1 Å². The summed E-state index contributed by atoms with van der Waals surface area (Å²) >= 11 is 0. The van der Waals surface area contributed by atoms with E-state index < -0.39 is 12.0 Å². The molecular formula is C13H24N2O4. The van der Waals surface area contributed by atoms with Gasteiger partial charge < -0.3 is 20.1 Å². The van der Waals surface area contributed by atoms with E-state index >= 15 is 0 Å². The van der Waals surface area contributed by atoms with Crippen LogP contribution in [-0.2, 0) is 9.53 Å². The molecular weight excluding hydrogens is 248 g/mol. The summed E-state index contributed by atoms with van der Waals surface area (Å²) in [7, 11) is 1.41. The molecule has 1 aliphatic rings. The number of methoxy groups -OCH3 is 1. The van der Waals surface area contributed by atoms with E-state index in [1.165, 1.54) is 7.11 Å². The molecule has 6 nitrogen and oxygen atoms in total. The summed E-state index contributed by atoms with van der Waals surface area (Å²) in [6.07, 6.45) is 3.05. The molecule has 1 aliphatic heterocycles. The number of hydrogen-bond donors (Lipinski definition) is 2. The average Bonchev–Trinajstić information content (AvgIpc) is 2.83. The van der Waals surface area contributed by atoms with Crippen LogP contribution in [-0.4, -0.2) is 54.9 Å². The maximum absolute atomic E-state index is 12.1. The molecule has 0 aromatic heterocycles. The lowest BCUT2D eigenvalue weighted by Crippen LogP contribution is -2.49. The summed E-state index contributed by atoms with van der Waals surface area (Å²) in [5, 5.41) is 11.5. The molecule has 2 amide bonds. The van der Waals surface area contributed by atoms with E-state index in [1.54, 1.807) is 4.90 Å². The molecule has 0 spiro atoms. The van der Waals surface area contributed by atoms with Crippen molar-refractivity contribution in [3.63, 3.8) is 0 Å². The average molecular weight is 272 g/mol. The Bertz CT molecular complexity index is 329. The molecule has 0 radical (unpaired) electrons. The number of carbonyl (C=O) groups is 2. The lowest BCUT2D eigenvalue weighted by Gasteiger charge is -2.27. The highest BCUT2D eigenvalue weighted by Crippen LogP contribution is 2.36. The second kappa shape index (κ2) is 6.75. The minimum Gasteiger partial charge on any atom is -0.480 e. The van der Waals surface area contributed by atoms with E-state index in [0.29, 0.717) is 13.1 Å². The topological polar surface area (TPSA) is 78.9 Å². The van der Waals surface area contributed by atoms with Gasteiger partial charge in [-0.3, -0.25) is 0 Å². The van der Waals surface area contributed by atoms with Crippen molar-refractivity contribution in [3.8, 4) is 0 Å². The van der Waals surface area contributed by atoms with Gasteiger partial charge in [-0.2, -0.15) is 0 Å². The van der Waals surface area contributed by atoms with E-state index in [4.69, 9.17) is 9.84 Å². The van der Waals surface area contributed by atoms with E-state index in [2.05, 4.69) is 19.2 Å². The molecule has 2 N–H and O–H groups in total. The SMILES string of the molecule is CCC1(CC)CCN(C(=O)NC(COC)C(=O)O)C1. The van der Waals surface area contributed by atoms with E-state index in [1.807, 2.05) is 0 Å². The Morgan fingerprint density at radius 2 is 2.05 bits per heavy atom. The first-order valence-electron chi connectivity index (χ1n) is 6.75. The third-order valence-corrected chi connectivity index (χ3v) is 4.15. The number of carboxylic acid groups (broad SMARTS) is 1. The second-order valence-electron chi connectivity index (χ2n) is 5.17. The number of ether oxygens (including phenoxy) is 1. The molecule has 0 aromatic carbocycles. The van der Waals surface area contributed by atoms with Gasteiger partial charge in [0.25, 0.3) is 0 Å². The smallest absolute Gasteiger partial charge is 0.328 e. The predicted octanol–water partition coefficient (Wildman–Crippen LogP) is 1.31. The van der Waals surface area contributed by atoms with Crippen LogP contribution < -0.4 is 5.32 Å². The number of urea groups is 1. The standard InChI is InChI=1S/C13H24N2O4/c1-4-13(5-2)6-7-15(9-13)12(18)14-10(8-19-3)11(16)17/h10H,4-9H2,1-3H3,(H,14,18)(H,16,17). The Morgan fingerprint density at radius 3 is 2.47 bits per heavy atom. The van der Waals surface area contributed by atoms with Gasteiger partial charge in [0.05, 0.1) is 6.61 Å². The minimum atomic E-state index is -1.08. The Kier molecular flexibility index (Phi) is 5.60. The van der Waals surface area contributed by atoms with Gasteiger partial charge in [-0.05, 0) is 24.7 Å². The first kappa shape index (κ1) is 15.8. The number of carbonyl (C=O) groups excluding carboxylic acids is 1. The van der Waals surface area contributed by atoms with Crippen molar-refractivity contribution in [1.29, 1.82) is 0 Å². The molecule has 1 atom stereocenters. The van der Waals surface area contributed by atoms with Crippen LogP contribution in [0.4, 0.5) is 4.79 Å². The van der Waals surface area contributed by atoms with Crippen LogP contribution >= 0.6 is 0 Å². The molecule has 6 heteroatoms. The number of hydrogen-bond acceptors (Lipinski definition) is 3. The first-order chi connectivity index (χ1) is 8.98. The zero-order valence-corrected chi connectivity index (χ0v) is 11.9. The van der Waals surface area contributed by atoms with Crippen molar-refractivity contribution >= 4 is 12.0 Å². The summed E-state index contributed by atoms with van der Waals surface area (Å²) in [6.45, 7) is 5.63. The van der Waals surface area contributed by atoms with Gasteiger partial charge in [0.1, 0.15) is 0 Å². The Balaban J connectivity index is 2.57. The van der Waals surface area contributed by atoms with Crippen molar-refractivity contribution < 1.29 is 19.4 Å². The Labute approximate surface area is 114 Å². The van der Waals surface area contributed by atoms with Crippen molar-refractivity contribution in [2.24, 2.45) is 5.41 Å². The lowest BCUT2D eigenvalue weighted by atomic mass is 9.82. The van der Waals surface area contributed by atoms with Gasteiger partial charge in [-0.15, -0.1) is 0 Å². The summed E-state index contributed by atoms with van der Waals surface area (Å²) in [4.78, 5) is 24.7. The van der Waals surface area contributed by atoms with Crippen molar-refractivity contribution in [2.45, 2.75) is 39.2 Å². The third-order valence-electron chi connectivity index (χ3n) is 4.15. The second-order valence-corrected chi connectivity index (χ2v) is 5.17. The molecule has 19 heavy (non-hydrogen) atoms. The number of rotatable bonds is 6. The molecule has 0 aliphatic carbocycles. The molecule has 0 bridgehead atoms. The number of amides is 2. The van der Waals surface area contributed by atoms with Crippen LogP contribution in [0.25, 0.3) is 0 Å². The van der Waals surface area contributed by atoms with Gasteiger partial charge >= 0.3 is 12.0 Å². The maximum Gasteiger partial charge on any atom is 0.328 e. The molecule has 1 saturated heterocycles. The summed E-state index contributed by atoms with van der Waals surface area (Å²) < 4.78 is 4.80. The fourth-order valence-electron chi connectivity index (χ4n) is 2.52. The number of nitrogens with one attached hydrogen (secondary N) is 1. The van der Waals surface area contributed by atoms with Crippen LogP contribution in [0.15, 0.2) is 0 Å². The van der Waals surface area contributed by atoms with Crippen LogP contribution in [0.2, 0.25) is 0 Å². The molecule has 110 valence electrons.